The number of para-hydroxylation sites is 1. The molecule has 0 bridgehead atoms. The van der Waals surface area contributed by atoms with E-state index < -0.39 is 0 Å². The summed E-state index contributed by atoms with van der Waals surface area (Å²) in [5.74, 6) is 1.24. The van der Waals surface area contributed by atoms with Crippen molar-refractivity contribution in [2.75, 3.05) is 5.32 Å². The first-order valence-corrected chi connectivity index (χ1v) is 7.64. The number of nitrogens with one attached hydrogen (secondary N) is 1. The molecule has 2 aromatic heterocycles. The van der Waals surface area contributed by atoms with Gasteiger partial charge in [-0.3, -0.25) is 0 Å². The molecule has 0 spiro atoms. The van der Waals surface area contributed by atoms with E-state index in [1.54, 1.807) is 24.5 Å². The van der Waals surface area contributed by atoms with Crippen LogP contribution in [-0.2, 0) is 0 Å². The summed E-state index contributed by atoms with van der Waals surface area (Å²) >= 11 is 0. The van der Waals surface area contributed by atoms with Gasteiger partial charge in [-0.15, -0.1) is 0 Å². The summed E-state index contributed by atoms with van der Waals surface area (Å²) in [4.78, 5) is 9.26. The van der Waals surface area contributed by atoms with Gasteiger partial charge in [0.15, 0.2) is 5.82 Å². The number of nitriles is 1. The van der Waals surface area contributed by atoms with Gasteiger partial charge >= 0.3 is 0 Å². The van der Waals surface area contributed by atoms with Crippen LogP contribution in [0.1, 0.15) is 5.56 Å². The van der Waals surface area contributed by atoms with Crippen molar-refractivity contribution in [3.63, 3.8) is 0 Å². The van der Waals surface area contributed by atoms with E-state index in [2.05, 4.69) is 31.6 Å². The molecule has 0 atom stereocenters. The zero-order chi connectivity index (χ0) is 17.1. The Bertz CT molecular complexity index is 1090. The molecule has 25 heavy (non-hydrogen) atoms. The lowest BCUT2D eigenvalue weighted by Gasteiger charge is -2.11. The fraction of sp³-hybridized carbons (Fsp3) is 0. The number of rotatable bonds is 3. The minimum absolute atomic E-state index is 0.563. The maximum Gasteiger partial charge on any atom is 0.163 e. The number of fused-ring (bicyclic) bond motifs is 1. The molecule has 0 aliphatic heterocycles. The molecule has 0 aliphatic rings. The average Bonchev–Trinajstić information content (AvgIpc) is 2.69. The Kier molecular flexibility index (Phi) is 3.73. The van der Waals surface area contributed by atoms with E-state index in [4.69, 9.17) is 5.26 Å². The highest BCUT2D eigenvalue weighted by Crippen LogP contribution is 2.27. The lowest BCUT2D eigenvalue weighted by molar-refractivity contribution is 1.03. The van der Waals surface area contributed by atoms with Gasteiger partial charge in [0.1, 0.15) is 5.82 Å². The number of benzene rings is 2. The van der Waals surface area contributed by atoms with Crippen molar-refractivity contribution >= 4 is 22.4 Å². The Morgan fingerprint density at radius 2 is 1.84 bits per heavy atom. The van der Waals surface area contributed by atoms with Crippen LogP contribution in [-0.4, -0.2) is 20.2 Å². The second-order valence-electron chi connectivity index (χ2n) is 5.36. The van der Waals surface area contributed by atoms with Crippen LogP contribution in [0.25, 0.3) is 22.3 Å². The van der Waals surface area contributed by atoms with Gasteiger partial charge in [0.05, 0.1) is 29.5 Å². The Morgan fingerprint density at radius 3 is 2.68 bits per heavy atom. The van der Waals surface area contributed by atoms with Crippen LogP contribution in [0.2, 0.25) is 0 Å². The summed E-state index contributed by atoms with van der Waals surface area (Å²) in [6.45, 7) is 0. The summed E-state index contributed by atoms with van der Waals surface area (Å²) in [6.07, 6.45) is 3.24. The van der Waals surface area contributed by atoms with Crippen LogP contribution in [0.4, 0.5) is 11.5 Å². The predicted octanol–water partition coefficient (Wildman–Crippen LogP) is 3.70. The molecule has 0 amide bonds. The zero-order valence-electron chi connectivity index (χ0n) is 13.1. The van der Waals surface area contributed by atoms with Crippen molar-refractivity contribution in [1.82, 2.24) is 20.2 Å². The van der Waals surface area contributed by atoms with Gasteiger partial charge in [-0.25, -0.2) is 9.97 Å². The lowest BCUT2D eigenvalue weighted by Crippen LogP contribution is -2.00. The zero-order valence-corrected chi connectivity index (χ0v) is 13.1. The van der Waals surface area contributed by atoms with Gasteiger partial charge in [-0.1, -0.05) is 18.2 Å². The molecule has 0 unspecified atom stereocenters. The van der Waals surface area contributed by atoms with Crippen molar-refractivity contribution in [3.8, 4) is 17.5 Å². The van der Waals surface area contributed by atoms with Crippen molar-refractivity contribution < 1.29 is 0 Å². The molecular weight excluding hydrogens is 312 g/mol. The fourth-order valence-electron chi connectivity index (χ4n) is 2.53. The van der Waals surface area contributed by atoms with Gasteiger partial charge in [0, 0.05) is 16.6 Å². The van der Waals surface area contributed by atoms with Gasteiger partial charge < -0.3 is 5.32 Å². The third-order valence-corrected chi connectivity index (χ3v) is 3.70. The normalized spacial score (nSPS) is 10.4. The van der Waals surface area contributed by atoms with Crippen molar-refractivity contribution in [2.45, 2.75) is 0 Å². The molecule has 2 aromatic carbocycles. The Hall–Kier alpha value is -3.85. The van der Waals surface area contributed by atoms with E-state index in [1.807, 2.05) is 42.5 Å². The van der Waals surface area contributed by atoms with Crippen molar-refractivity contribution in [2.24, 2.45) is 0 Å². The van der Waals surface area contributed by atoms with Crippen LogP contribution in [0.5, 0.6) is 0 Å². The van der Waals surface area contributed by atoms with Gasteiger partial charge in [0.25, 0.3) is 0 Å². The average molecular weight is 324 g/mol. The van der Waals surface area contributed by atoms with Crippen molar-refractivity contribution in [1.29, 1.82) is 5.26 Å². The standard InChI is InChI=1S/C19H12N6/c20-11-13-4-3-5-15(10-13)23-19-16-6-1-2-7-17(16)24-18(25-19)14-8-9-21-22-12-14/h1-10,12H,(H,23,24,25). The summed E-state index contributed by atoms with van der Waals surface area (Å²) in [6, 6.07) is 19.0. The van der Waals surface area contributed by atoms with E-state index in [9.17, 15) is 0 Å². The molecule has 0 saturated heterocycles. The van der Waals surface area contributed by atoms with Crippen LogP contribution in [0.3, 0.4) is 0 Å². The highest BCUT2D eigenvalue weighted by molar-refractivity contribution is 5.92. The van der Waals surface area contributed by atoms with Crippen LogP contribution in [0, 0.1) is 11.3 Å². The van der Waals surface area contributed by atoms with Gasteiger partial charge in [-0.05, 0) is 36.4 Å². The Morgan fingerprint density at radius 1 is 0.920 bits per heavy atom. The molecule has 6 nitrogen and oxygen atoms in total. The smallest absolute Gasteiger partial charge is 0.163 e. The molecular formula is C19H12N6. The Balaban J connectivity index is 1.85. The molecule has 0 saturated carbocycles. The van der Waals surface area contributed by atoms with E-state index in [0.717, 1.165) is 22.2 Å². The number of aromatic nitrogens is 4. The second-order valence-corrected chi connectivity index (χ2v) is 5.36. The molecule has 4 aromatic rings. The first-order valence-electron chi connectivity index (χ1n) is 7.64. The van der Waals surface area contributed by atoms with Crippen molar-refractivity contribution in [3.05, 3.63) is 72.6 Å². The predicted molar refractivity (Wildman–Crippen MR) is 95.0 cm³/mol. The van der Waals surface area contributed by atoms with E-state index in [0.29, 0.717) is 17.2 Å². The minimum Gasteiger partial charge on any atom is -0.340 e. The van der Waals surface area contributed by atoms with Crippen LogP contribution in [0.15, 0.2) is 67.0 Å². The topological polar surface area (TPSA) is 87.4 Å². The fourth-order valence-corrected chi connectivity index (χ4v) is 2.53. The molecule has 4 rings (SSSR count). The van der Waals surface area contributed by atoms with E-state index in [1.165, 1.54) is 0 Å². The van der Waals surface area contributed by atoms with E-state index in [-0.39, 0.29) is 0 Å². The molecule has 6 heteroatoms. The van der Waals surface area contributed by atoms with Crippen LogP contribution >= 0.6 is 0 Å². The Labute approximate surface area is 143 Å². The largest absolute Gasteiger partial charge is 0.340 e. The SMILES string of the molecule is N#Cc1cccc(Nc2nc(-c3ccnnc3)nc3ccccc23)c1. The monoisotopic (exact) mass is 324 g/mol. The summed E-state index contributed by atoms with van der Waals surface area (Å²) in [7, 11) is 0. The molecule has 1 N–H and O–H groups in total. The molecule has 0 radical (unpaired) electrons. The maximum absolute atomic E-state index is 9.08. The summed E-state index contributed by atoms with van der Waals surface area (Å²) < 4.78 is 0. The second kappa shape index (κ2) is 6.34. The minimum atomic E-state index is 0.563. The quantitative estimate of drug-likeness (QED) is 0.618. The number of nitrogens with zero attached hydrogens (tertiary/aromatic N) is 5. The van der Waals surface area contributed by atoms with Gasteiger partial charge in [0.2, 0.25) is 0 Å². The lowest BCUT2D eigenvalue weighted by atomic mass is 10.2. The number of anilines is 2. The highest BCUT2D eigenvalue weighted by Gasteiger charge is 2.10. The summed E-state index contributed by atoms with van der Waals surface area (Å²) in [5.41, 5.74) is 2.99. The third-order valence-electron chi connectivity index (χ3n) is 3.70. The van der Waals surface area contributed by atoms with E-state index >= 15 is 0 Å². The molecule has 2 heterocycles. The summed E-state index contributed by atoms with van der Waals surface area (Å²) in [5, 5.41) is 21.0. The highest BCUT2D eigenvalue weighted by atomic mass is 15.1. The van der Waals surface area contributed by atoms with Crippen LogP contribution < -0.4 is 5.32 Å². The number of hydrogen-bond donors (Lipinski definition) is 1. The number of hydrogen-bond acceptors (Lipinski definition) is 6. The molecule has 0 fully saturated rings. The maximum atomic E-state index is 9.08. The first kappa shape index (κ1) is 14.7. The van der Waals surface area contributed by atoms with Gasteiger partial charge in [-0.2, -0.15) is 15.5 Å². The first-order chi connectivity index (χ1) is 12.3. The third kappa shape index (κ3) is 2.99. The molecule has 118 valence electrons. The molecule has 0 aliphatic carbocycles.